The Kier molecular flexibility index (Phi) is 5.17. The minimum absolute atomic E-state index is 0.195. The number of piperidine rings is 1. The molecule has 0 bridgehead atoms. The monoisotopic (exact) mass is 249 g/mol. The van der Waals surface area contributed by atoms with E-state index in [0.29, 0.717) is 13.1 Å². The van der Waals surface area contributed by atoms with E-state index in [0.717, 1.165) is 25.9 Å². The maximum Gasteiger partial charge on any atom is 0.214 e. The molecule has 1 fully saturated rings. The van der Waals surface area contributed by atoms with Crippen molar-refractivity contribution in [3.63, 3.8) is 0 Å². The third-order valence-corrected chi connectivity index (χ3v) is 5.06. The number of hydrogen-bond donors (Lipinski definition) is 2. The zero-order chi connectivity index (χ0) is 12.2. The predicted octanol–water partition coefficient (Wildman–Crippen LogP) is -0.405. The van der Waals surface area contributed by atoms with Crippen molar-refractivity contribution in [3.8, 4) is 0 Å². The van der Waals surface area contributed by atoms with E-state index in [1.807, 2.05) is 14.0 Å². The van der Waals surface area contributed by atoms with Crippen LogP contribution in [0.3, 0.4) is 0 Å². The van der Waals surface area contributed by atoms with Crippen molar-refractivity contribution >= 4 is 10.0 Å². The first-order valence-corrected chi connectivity index (χ1v) is 7.37. The van der Waals surface area contributed by atoms with Gasteiger partial charge in [-0.25, -0.2) is 13.1 Å². The first kappa shape index (κ1) is 13.9. The SMILES string of the molecule is CC(CN)CNS(=O)(=O)C1CCN(C)CC1. The average Bonchev–Trinajstić information content (AvgIpc) is 2.26. The minimum atomic E-state index is -3.14. The normalized spacial score (nSPS) is 22.2. The van der Waals surface area contributed by atoms with E-state index in [1.54, 1.807) is 0 Å². The number of sulfonamides is 1. The summed E-state index contributed by atoms with van der Waals surface area (Å²) in [5.74, 6) is 0.195. The third-order valence-electron chi connectivity index (χ3n) is 3.14. The molecule has 3 N–H and O–H groups in total. The second-order valence-electron chi connectivity index (χ2n) is 4.74. The molecule has 0 saturated carbocycles. The molecule has 1 unspecified atom stereocenters. The van der Waals surface area contributed by atoms with Crippen LogP contribution in [-0.2, 0) is 10.0 Å². The second-order valence-corrected chi connectivity index (χ2v) is 6.78. The summed E-state index contributed by atoms with van der Waals surface area (Å²) >= 11 is 0. The Morgan fingerprint density at radius 3 is 2.50 bits per heavy atom. The van der Waals surface area contributed by atoms with Crippen LogP contribution in [0.4, 0.5) is 0 Å². The summed E-state index contributed by atoms with van der Waals surface area (Å²) in [6.45, 7) is 4.62. The quantitative estimate of drug-likeness (QED) is 0.695. The molecule has 1 saturated heterocycles. The van der Waals surface area contributed by atoms with Crippen LogP contribution >= 0.6 is 0 Å². The minimum Gasteiger partial charge on any atom is -0.330 e. The van der Waals surface area contributed by atoms with Crippen molar-refractivity contribution in [2.24, 2.45) is 11.7 Å². The standard InChI is InChI=1S/C10H23N3O2S/c1-9(7-11)8-12-16(14,15)10-3-5-13(2)6-4-10/h9-10,12H,3-8,11H2,1-2H3. The molecule has 0 radical (unpaired) electrons. The second kappa shape index (κ2) is 5.95. The smallest absolute Gasteiger partial charge is 0.214 e. The maximum atomic E-state index is 11.9. The molecular formula is C10H23N3O2S. The Morgan fingerprint density at radius 1 is 1.44 bits per heavy atom. The van der Waals surface area contributed by atoms with Crippen LogP contribution in [0.1, 0.15) is 19.8 Å². The van der Waals surface area contributed by atoms with Crippen molar-refractivity contribution in [2.75, 3.05) is 33.2 Å². The topological polar surface area (TPSA) is 75.4 Å². The van der Waals surface area contributed by atoms with Crippen molar-refractivity contribution in [1.29, 1.82) is 0 Å². The van der Waals surface area contributed by atoms with Gasteiger partial charge in [-0.2, -0.15) is 0 Å². The largest absolute Gasteiger partial charge is 0.330 e. The van der Waals surface area contributed by atoms with E-state index in [9.17, 15) is 8.42 Å². The lowest BCUT2D eigenvalue weighted by atomic mass is 10.1. The molecule has 1 atom stereocenters. The van der Waals surface area contributed by atoms with Gasteiger partial charge in [0.15, 0.2) is 0 Å². The Bertz CT molecular complexity index is 297. The zero-order valence-electron chi connectivity index (χ0n) is 10.1. The van der Waals surface area contributed by atoms with E-state index in [-0.39, 0.29) is 11.2 Å². The van der Waals surface area contributed by atoms with Crippen LogP contribution in [0.25, 0.3) is 0 Å². The number of likely N-dealkylation sites (tertiary alicyclic amines) is 1. The van der Waals surface area contributed by atoms with E-state index in [1.165, 1.54) is 0 Å². The van der Waals surface area contributed by atoms with Gasteiger partial charge in [0, 0.05) is 6.54 Å². The van der Waals surface area contributed by atoms with Crippen LogP contribution < -0.4 is 10.5 Å². The zero-order valence-corrected chi connectivity index (χ0v) is 11.0. The van der Waals surface area contributed by atoms with Crippen molar-refractivity contribution in [3.05, 3.63) is 0 Å². The van der Waals surface area contributed by atoms with Gasteiger partial charge in [-0.15, -0.1) is 0 Å². The molecule has 5 nitrogen and oxygen atoms in total. The lowest BCUT2D eigenvalue weighted by Gasteiger charge is -2.28. The molecule has 0 aromatic rings. The number of nitrogens with zero attached hydrogens (tertiary/aromatic N) is 1. The van der Waals surface area contributed by atoms with Gasteiger partial charge in [-0.05, 0) is 45.4 Å². The van der Waals surface area contributed by atoms with E-state index < -0.39 is 10.0 Å². The molecule has 0 aliphatic carbocycles. The lowest BCUT2D eigenvalue weighted by Crippen LogP contribution is -2.43. The van der Waals surface area contributed by atoms with Crippen molar-refractivity contribution in [1.82, 2.24) is 9.62 Å². The number of nitrogens with one attached hydrogen (secondary N) is 1. The molecule has 1 rings (SSSR count). The van der Waals surface area contributed by atoms with Crippen molar-refractivity contribution in [2.45, 2.75) is 25.0 Å². The molecule has 6 heteroatoms. The van der Waals surface area contributed by atoms with Crippen LogP contribution in [0.2, 0.25) is 0 Å². The van der Waals surface area contributed by atoms with Crippen LogP contribution in [0.15, 0.2) is 0 Å². The highest BCUT2D eigenvalue weighted by molar-refractivity contribution is 7.90. The Balaban J connectivity index is 2.44. The number of rotatable bonds is 5. The van der Waals surface area contributed by atoms with Gasteiger partial charge in [0.2, 0.25) is 10.0 Å². The Hall–Kier alpha value is -0.170. The highest BCUT2D eigenvalue weighted by Crippen LogP contribution is 2.15. The number of hydrogen-bond acceptors (Lipinski definition) is 4. The first-order chi connectivity index (χ1) is 7.45. The molecule has 16 heavy (non-hydrogen) atoms. The first-order valence-electron chi connectivity index (χ1n) is 5.82. The maximum absolute atomic E-state index is 11.9. The Morgan fingerprint density at radius 2 is 2.00 bits per heavy atom. The fourth-order valence-corrected chi connectivity index (χ4v) is 3.34. The predicted molar refractivity (Wildman–Crippen MR) is 65.7 cm³/mol. The van der Waals surface area contributed by atoms with E-state index in [2.05, 4.69) is 9.62 Å². The Labute approximate surface area is 98.4 Å². The van der Waals surface area contributed by atoms with Gasteiger partial charge in [0.05, 0.1) is 5.25 Å². The highest BCUT2D eigenvalue weighted by Gasteiger charge is 2.28. The summed E-state index contributed by atoms with van der Waals surface area (Å²) in [7, 11) is -1.12. The molecule has 0 aromatic heterocycles. The highest BCUT2D eigenvalue weighted by atomic mass is 32.2. The van der Waals surface area contributed by atoms with Crippen LogP contribution in [0.5, 0.6) is 0 Å². The van der Waals surface area contributed by atoms with Crippen molar-refractivity contribution < 1.29 is 8.42 Å². The molecule has 1 heterocycles. The van der Waals surface area contributed by atoms with Gasteiger partial charge < -0.3 is 10.6 Å². The van der Waals surface area contributed by atoms with Gasteiger partial charge in [-0.1, -0.05) is 6.92 Å². The summed E-state index contributed by atoms with van der Waals surface area (Å²) in [6.07, 6.45) is 1.45. The number of nitrogens with two attached hydrogens (primary N) is 1. The van der Waals surface area contributed by atoms with Gasteiger partial charge >= 0.3 is 0 Å². The van der Waals surface area contributed by atoms with Crippen LogP contribution in [-0.4, -0.2) is 51.8 Å². The summed E-state index contributed by atoms with van der Waals surface area (Å²) in [4.78, 5) is 2.16. The van der Waals surface area contributed by atoms with Gasteiger partial charge in [0.1, 0.15) is 0 Å². The molecular weight excluding hydrogens is 226 g/mol. The molecule has 1 aliphatic rings. The molecule has 96 valence electrons. The summed E-state index contributed by atoms with van der Waals surface area (Å²) in [5.41, 5.74) is 5.46. The lowest BCUT2D eigenvalue weighted by molar-refractivity contribution is 0.277. The van der Waals surface area contributed by atoms with E-state index >= 15 is 0 Å². The fourth-order valence-electron chi connectivity index (χ4n) is 1.75. The third kappa shape index (κ3) is 4.01. The summed E-state index contributed by atoms with van der Waals surface area (Å²) in [5, 5.41) is -0.228. The van der Waals surface area contributed by atoms with E-state index in [4.69, 9.17) is 5.73 Å². The molecule has 0 spiro atoms. The molecule has 0 aromatic carbocycles. The summed E-state index contributed by atoms with van der Waals surface area (Å²) in [6, 6.07) is 0. The molecule has 0 amide bonds. The fraction of sp³-hybridized carbons (Fsp3) is 1.00. The summed E-state index contributed by atoms with van der Waals surface area (Å²) < 4.78 is 26.6. The van der Waals surface area contributed by atoms with Gasteiger partial charge in [-0.3, -0.25) is 0 Å². The average molecular weight is 249 g/mol. The van der Waals surface area contributed by atoms with Gasteiger partial charge in [0.25, 0.3) is 0 Å². The molecule has 1 aliphatic heterocycles. The van der Waals surface area contributed by atoms with Crippen LogP contribution in [0, 0.1) is 5.92 Å².